The third-order valence-corrected chi connectivity index (χ3v) is 4.40. The van der Waals surface area contributed by atoms with Crippen molar-refractivity contribution in [2.24, 2.45) is 5.14 Å². The molecule has 0 saturated heterocycles. The number of nitrogens with two attached hydrogens (primary N) is 1. The lowest BCUT2D eigenvalue weighted by Gasteiger charge is -2.18. The van der Waals surface area contributed by atoms with Crippen LogP contribution in [-0.2, 0) is 14.8 Å². The number of ether oxygens (including phenoxy) is 1. The number of halogens is 1. The number of rotatable bonds is 4. The molecule has 8 heteroatoms. The molecule has 1 aromatic heterocycles. The summed E-state index contributed by atoms with van der Waals surface area (Å²) in [5.74, 6) is 0. The fraction of sp³-hybridized carbons (Fsp3) is 0.571. The third kappa shape index (κ3) is 3.12. The van der Waals surface area contributed by atoms with Crippen molar-refractivity contribution in [1.29, 1.82) is 0 Å². The highest BCUT2D eigenvalue weighted by atomic mass is 35.5. The van der Waals surface area contributed by atoms with Crippen LogP contribution in [0.4, 0.5) is 0 Å². The summed E-state index contributed by atoms with van der Waals surface area (Å²) in [7, 11) is -2.25. The number of aromatic nitrogens is 1. The normalized spacial score (nSPS) is 16.3. The van der Waals surface area contributed by atoms with Crippen LogP contribution < -0.4 is 5.14 Å². The van der Waals surface area contributed by atoms with E-state index in [9.17, 15) is 8.42 Å². The molecule has 1 heterocycles. The standard InChI is InChI=1S/C7H11ClN2O3S2/c1-4(15(9,11)12)6(13-2)7-10-3-5(8)14-7/h3-4,6H,1-2H3,(H2,9,11,12). The van der Waals surface area contributed by atoms with E-state index < -0.39 is 21.4 Å². The molecule has 0 bridgehead atoms. The highest BCUT2D eigenvalue weighted by Gasteiger charge is 2.30. The second kappa shape index (κ2) is 4.75. The van der Waals surface area contributed by atoms with E-state index in [1.54, 1.807) is 0 Å². The van der Waals surface area contributed by atoms with Crippen LogP contribution in [0.25, 0.3) is 0 Å². The van der Waals surface area contributed by atoms with Gasteiger partial charge in [-0.3, -0.25) is 0 Å². The Balaban J connectivity index is 2.99. The lowest BCUT2D eigenvalue weighted by Crippen LogP contribution is -2.32. The van der Waals surface area contributed by atoms with Crippen LogP contribution in [0.3, 0.4) is 0 Å². The Morgan fingerprint density at radius 2 is 2.27 bits per heavy atom. The van der Waals surface area contributed by atoms with E-state index in [0.717, 1.165) is 0 Å². The lowest BCUT2D eigenvalue weighted by atomic mass is 10.3. The van der Waals surface area contributed by atoms with Crippen molar-refractivity contribution in [3.8, 4) is 0 Å². The van der Waals surface area contributed by atoms with E-state index >= 15 is 0 Å². The Kier molecular flexibility index (Phi) is 4.07. The van der Waals surface area contributed by atoms with E-state index in [1.807, 2.05) is 0 Å². The monoisotopic (exact) mass is 270 g/mol. The molecular weight excluding hydrogens is 260 g/mol. The molecule has 0 aliphatic heterocycles. The quantitative estimate of drug-likeness (QED) is 0.890. The summed E-state index contributed by atoms with van der Waals surface area (Å²) in [5.41, 5.74) is 0. The average Bonchev–Trinajstić information content (AvgIpc) is 2.51. The number of hydrogen-bond donors (Lipinski definition) is 1. The molecule has 0 spiro atoms. The van der Waals surface area contributed by atoms with Crippen LogP contribution in [0, 0.1) is 0 Å². The molecular formula is C7H11ClN2O3S2. The van der Waals surface area contributed by atoms with Gasteiger partial charge in [-0.05, 0) is 6.92 Å². The predicted molar refractivity (Wildman–Crippen MR) is 59.4 cm³/mol. The van der Waals surface area contributed by atoms with E-state index in [4.69, 9.17) is 21.5 Å². The molecule has 2 atom stereocenters. The second-order valence-electron chi connectivity index (χ2n) is 2.95. The van der Waals surface area contributed by atoms with Gasteiger partial charge in [-0.2, -0.15) is 0 Å². The van der Waals surface area contributed by atoms with Crippen LogP contribution in [0.2, 0.25) is 4.34 Å². The molecule has 1 rings (SSSR count). The van der Waals surface area contributed by atoms with Gasteiger partial charge in [-0.25, -0.2) is 18.5 Å². The van der Waals surface area contributed by atoms with E-state index in [1.165, 1.54) is 31.6 Å². The van der Waals surface area contributed by atoms with Gasteiger partial charge >= 0.3 is 0 Å². The van der Waals surface area contributed by atoms with Gasteiger partial charge in [0.1, 0.15) is 20.7 Å². The van der Waals surface area contributed by atoms with Gasteiger partial charge in [0.2, 0.25) is 10.0 Å². The topological polar surface area (TPSA) is 82.3 Å². The first-order valence-corrected chi connectivity index (χ1v) is 6.82. The van der Waals surface area contributed by atoms with E-state index in [2.05, 4.69) is 4.98 Å². The van der Waals surface area contributed by atoms with Crippen molar-refractivity contribution < 1.29 is 13.2 Å². The summed E-state index contributed by atoms with van der Waals surface area (Å²) >= 11 is 6.87. The van der Waals surface area contributed by atoms with Crippen molar-refractivity contribution in [3.63, 3.8) is 0 Å². The van der Waals surface area contributed by atoms with Crippen LogP contribution >= 0.6 is 22.9 Å². The summed E-state index contributed by atoms with van der Waals surface area (Å²) < 4.78 is 27.9. The van der Waals surface area contributed by atoms with Crippen molar-refractivity contribution in [1.82, 2.24) is 4.98 Å². The van der Waals surface area contributed by atoms with Crippen LogP contribution in [0.1, 0.15) is 18.0 Å². The summed E-state index contributed by atoms with van der Waals surface area (Å²) in [6.07, 6.45) is 0.765. The Morgan fingerprint density at radius 1 is 1.67 bits per heavy atom. The molecule has 2 N–H and O–H groups in total. The zero-order valence-electron chi connectivity index (χ0n) is 8.18. The van der Waals surface area contributed by atoms with Gasteiger partial charge in [0.05, 0.1) is 6.20 Å². The first-order valence-electron chi connectivity index (χ1n) is 4.02. The summed E-state index contributed by atoms with van der Waals surface area (Å²) in [6.45, 7) is 1.47. The highest BCUT2D eigenvalue weighted by molar-refractivity contribution is 7.89. The third-order valence-electron chi connectivity index (χ3n) is 1.94. The number of nitrogens with zero attached hydrogens (tertiary/aromatic N) is 1. The minimum absolute atomic E-state index is 0.480. The second-order valence-corrected chi connectivity index (χ2v) is 6.57. The predicted octanol–water partition coefficient (Wildman–Crippen LogP) is 1.16. The van der Waals surface area contributed by atoms with Crippen LogP contribution in [-0.4, -0.2) is 25.8 Å². The van der Waals surface area contributed by atoms with Gasteiger partial charge in [0, 0.05) is 7.11 Å². The Bertz CT molecular complexity index is 431. The first kappa shape index (κ1) is 12.9. The minimum atomic E-state index is -3.65. The summed E-state index contributed by atoms with van der Waals surface area (Å²) in [5, 5.41) is 4.68. The maximum Gasteiger partial charge on any atom is 0.214 e. The van der Waals surface area contributed by atoms with Crippen molar-refractivity contribution in [2.45, 2.75) is 18.3 Å². The number of methoxy groups -OCH3 is 1. The maximum absolute atomic E-state index is 11.2. The first-order chi connectivity index (χ1) is 6.86. The Morgan fingerprint density at radius 3 is 2.60 bits per heavy atom. The van der Waals surface area contributed by atoms with Crippen LogP contribution in [0.5, 0.6) is 0 Å². The fourth-order valence-corrected chi connectivity index (χ4v) is 2.85. The molecule has 15 heavy (non-hydrogen) atoms. The molecule has 0 radical (unpaired) electrons. The van der Waals surface area contributed by atoms with Gasteiger partial charge < -0.3 is 4.74 Å². The lowest BCUT2D eigenvalue weighted by molar-refractivity contribution is 0.102. The fourth-order valence-electron chi connectivity index (χ4n) is 1.06. The zero-order valence-corrected chi connectivity index (χ0v) is 10.6. The Labute approximate surface area is 97.3 Å². The molecule has 86 valence electrons. The van der Waals surface area contributed by atoms with Crippen molar-refractivity contribution >= 4 is 33.0 Å². The molecule has 5 nitrogen and oxygen atoms in total. The molecule has 0 aliphatic carbocycles. The molecule has 1 aromatic rings. The summed E-state index contributed by atoms with van der Waals surface area (Å²) in [6, 6.07) is 0. The number of sulfonamides is 1. The molecule has 0 fully saturated rings. The van der Waals surface area contributed by atoms with E-state index in [-0.39, 0.29) is 0 Å². The van der Waals surface area contributed by atoms with Crippen molar-refractivity contribution in [3.05, 3.63) is 15.5 Å². The zero-order chi connectivity index (χ0) is 11.6. The number of hydrogen-bond acceptors (Lipinski definition) is 5. The average molecular weight is 271 g/mol. The largest absolute Gasteiger partial charge is 0.373 e. The van der Waals surface area contributed by atoms with Gasteiger partial charge in [0.15, 0.2) is 0 Å². The smallest absolute Gasteiger partial charge is 0.214 e. The van der Waals surface area contributed by atoms with E-state index in [0.29, 0.717) is 9.34 Å². The minimum Gasteiger partial charge on any atom is -0.373 e. The number of primary sulfonamides is 1. The molecule has 0 saturated carbocycles. The van der Waals surface area contributed by atoms with Gasteiger partial charge in [-0.1, -0.05) is 11.6 Å². The SMILES string of the molecule is COC(c1ncc(Cl)s1)C(C)S(N)(=O)=O. The van der Waals surface area contributed by atoms with Gasteiger partial charge in [-0.15, -0.1) is 11.3 Å². The molecule has 0 aromatic carbocycles. The molecule has 0 aliphatic rings. The van der Waals surface area contributed by atoms with Crippen molar-refractivity contribution in [2.75, 3.05) is 7.11 Å². The maximum atomic E-state index is 11.2. The highest BCUT2D eigenvalue weighted by Crippen LogP contribution is 2.29. The van der Waals surface area contributed by atoms with Gasteiger partial charge in [0.25, 0.3) is 0 Å². The number of thiazole rings is 1. The molecule has 0 amide bonds. The Hall–Kier alpha value is -0.210. The van der Waals surface area contributed by atoms with Crippen LogP contribution in [0.15, 0.2) is 6.20 Å². The summed E-state index contributed by atoms with van der Waals surface area (Å²) in [4.78, 5) is 3.96. The molecule has 2 unspecified atom stereocenters.